The quantitative estimate of drug-likeness (QED) is 0.892. The number of carbonyl (C=O) groups is 1. The number of nitrogens with zero attached hydrogens (tertiary/aromatic N) is 1. The number of nitrogens with one attached hydrogen (secondary N) is 2. The van der Waals surface area contributed by atoms with Gasteiger partial charge in [0.05, 0.1) is 0 Å². The summed E-state index contributed by atoms with van der Waals surface area (Å²) in [5.41, 5.74) is 1.75. The Hall–Kier alpha value is -1.26. The number of hydrogen-bond donors (Lipinski definition) is 2. The summed E-state index contributed by atoms with van der Waals surface area (Å²) in [7, 11) is 0. The Morgan fingerprint density at radius 2 is 2.29 bits per heavy atom. The number of amides is 2. The predicted octanol–water partition coefficient (Wildman–Crippen LogP) is 3.64. The van der Waals surface area contributed by atoms with Crippen LogP contribution in [0.1, 0.15) is 31.7 Å². The summed E-state index contributed by atoms with van der Waals surface area (Å²) in [6, 6.07) is 5.93. The van der Waals surface area contributed by atoms with E-state index in [0.29, 0.717) is 17.6 Å². The first-order chi connectivity index (χ1) is 10.1. The summed E-state index contributed by atoms with van der Waals surface area (Å²) in [5.74, 6) is 0. The van der Waals surface area contributed by atoms with E-state index in [1.807, 2.05) is 30.9 Å². The van der Waals surface area contributed by atoms with E-state index in [4.69, 9.17) is 11.6 Å². The molecule has 1 fully saturated rings. The van der Waals surface area contributed by atoms with Gasteiger partial charge in [0.15, 0.2) is 0 Å². The molecule has 1 aromatic carbocycles. The van der Waals surface area contributed by atoms with E-state index in [2.05, 4.69) is 10.6 Å². The van der Waals surface area contributed by atoms with Crippen molar-refractivity contribution in [3.05, 3.63) is 28.8 Å². The molecule has 2 rings (SSSR count). The van der Waals surface area contributed by atoms with Crippen LogP contribution in [0.4, 0.5) is 10.5 Å². The first-order valence-electron chi connectivity index (χ1n) is 7.65. The van der Waals surface area contributed by atoms with Crippen LogP contribution < -0.4 is 10.6 Å². The number of halogens is 1. The molecule has 0 spiro atoms. The lowest BCUT2D eigenvalue weighted by Crippen LogP contribution is -2.47. The molecule has 1 heterocycles. The smallest absolute Gasteiger partial charge is 0.321 e. The molecular weight excluding hydrogens is 286 g/mol. The zero-order chi connectivity index (χ0) is 15.2. The zero-order valence-corrected chi connectivity index (χ0v) is 13.5. The summed E-state index contributed by atoms with van der Waals surface area (Å²) in [6.45, 7) is 6.45. The molecule has 1 aliphatic rings. The number of aryl methyl sites for hydroxylation is 1. The van der Waals surface area contributed by atoms with Crippen LogP contribution in [0.15, 0.2) is 18.2 Å². The van der Waals surface area contributed by atoms with E-state index < -0.39 is 0 Å². The third-order valence-corrected chi connectivity index (χ3v) is 4.35. The molecule has 4 nitrogen and oxygen atoms in total. The van der Waals surface area contributed by atoms with Crippen LogP contribution >= 0.6 is 11.6 Å². The number of hydrogen-bond acceptors (Lipinski definition) is 2. The Balaban J connectivity index is 1.94. The fourth-order valence-corrected chi connectivity index (χ4v) is 2.76. The number of rotatable bonds is 4. The van der Waals surface area contributed by atoms with Crippen molar-refractivity contribution in [3.63, 3.8) is 0 Å². The highest BCUT2D eigenvalue weighted by Crippen LogP contribution is 2.20. The van der Waals surface area contributed by atoms with Crippen molar-refractivity contribution in [1.29, 1.82) is 0 Å². The maximum Gasteiger partial charge on any atom is 0.321 e. The third kappa shape index (κ3) is 4.61. The number of benzene rings is 1. The molecular formula is C16H24ClN3O. The minimum absolute atomic E-state index is 0.0650. The Morgan fingerprint density at radius 3 is 2.90 bits per heavy atom. The third-order valence-electron chi connectivity index (χ3n) is 3.95. The van der Waals surface area contributed by atoms with E-state index in [0.717, 1.165) is 30.8 Å². The van der Waals surface area contributed by atoms with Gasteiger partial charge in [0, 0.05) is 29.8 Å². The summed E-state index contributed by atoms with van der Waals surface area (Å²) in [6.07, 6.45) is 3.61. The summed E-state index contributed by atoms with van der Waals surface area (Å²) in [5, 5.41) is 7.07. The van der Waals surface area contributed by atoms with Gasteiger partial charge in [-0.3, -0.25) is 0 Å². The lowest BCUT2D eigenvalue weighted by molar-refractivity contribution is 0.203. The first kappa shape index (κ1) is 16.1. The van der Waals surface area contributed by atoms with Gasteiger partial charge in [-0.05, 0) is 50.9 Å². The van der Waals surface area contributed by atoms with Crippen LogP contribution in [0.2, 0.25) is 5.02 Å². The van der Waals surface area contributed by atoms with Crippen LogP contribution in [0.5, 0.6) is 0 Å². The second-order valence-electron chi connectivity index (χ2n) is 5.58. The summed E-state index contributed by atoms with van der Waals surface area (Å²) < 4.78 is 0. The van der Waals surface area contributed by atoms with Gasteiger partial charge in [0.25, 0.3) is 0 Å². The van der Waals surface area contributed by atoms with Crippen molar-refractivity contribution >= 4 is 23.3 Å². The molecule has 5 heteroatoms. The molecule has 0 saturated carbocycles. The van der Waals surface area contributed by atoms with Crippen LogP contribution in [-0.4, -0.2) is 36.6 Å². The molecule has 2 N–H and O–H groups in total. The van der Waals surface area contributed by atoms with Gasteiger partial charge in [-0.15, -0.1) is 0 Å². The van der Waals surface area contributed by atoms with Gasteiger partial charge in [-0.2, -0.15) is 0 Å². The van der Waals surface area contributed by atoms with Gasteiger partial charge in [0.2, 0.25) is 0 Å². The fraction of sp³-hybridized carbons (Fsp3) is 0.562. The number of anilines is 1. The molecule has 0 aliphatic carbocycles. The number of likely N-dealkylation sites (N-methyl/N-ethyl adjacent to an activating group) is 1. The molecule has 1 atom stereocenters. The van der Waals surface area contributed by atoms with Crippen molar-refractivity contribution in [3.8, 4) is 0 Å². The molecule has 2 amide bonds. The van der Waals surface area contributed by atoms with Crippen LogP contribution in [0, 0.1) is 6.92 Å². The van der Waals surface area contributed by atoms with Gasteiger partial charge < -0.3 is 15.5 Å². The maximum atomic E-state index is 12.4. The number of carbonyl (C=O) groups excluding carboxylic acids is 1. The minimum Gasteiger partial charge on any atom is -0.323 e. The van der Waals surface area contributed by atoms with Crippen LogP contribution in [0.25, 0.3) is 0 Å². The Morgan fingerprint density at radius 1 is 1.48 bits per heavy atom. The molecule has 1 saturated heterocycles. The molecule has 116 valence electrons. The standard InChI is InChI=1S/C16H24ClN3O/c1-3-20(11-14-6-4-5-9-18-14)16(21)19-13-8-7-12(2)15(17)10-13/h7-8,10,14,18H,3-6,9,11H2,1-2H3,(H,19,21). The van der Waals surface area contributed by atoms with E-state index in [1.54, 1.807) is 6.07 Å². The summed E-state index contributed by atoms with van der Waals surface area (Å²) in [4.78, 5) is 14.2. The van der Waals surface area contributed by atoms with Gasteiger partial charge >= 0.3 is 6.03 Å². The van der Waals surface area contributed by atoms with Crippen molar-refractivity contribution in [2.45, 2.75) is 39.2 Å². The molecule has 1 unspecified atom stereocenters. The van der Waals surface area contributed by atoms with Crippen LogP contribution in [0.3, 0.4) is 0 Å². The van der Waals surface area contributed by atoms with E-state index in [-0.39, 0.29) is 6.03 Å². The molecule has 1 aromatic rings. The second-order valence-corrected chi connectivity index (χ2v) is 5.99. The number of urea groups is 1. The average Bonchev–Trinajstić information content (AvgIpc) is 2.49. The molecule has 0 aromatic heterocycles. The predicted molar refractivity (Wildman–Crippen MR) is 88.1 cm³/mol. The fourth-order valence-electron chi connectivity index (χ4n) is 2.57. The van der Waals surface area contributed by atoms with E-state index in [1.165, 1.54) is 12.8 Å². The van der Waals surface area contributed by atoms with E-state index in [9.17, 15) is 4.79 Å². The minimum atomic E-state index is -0.0650. The first-order valence-corrected chi connectivity index (χ1v) is 8.03. The van der Waals surface area contributed by atoms with Crippen molar-refractivity contribution < 1.29 is 4.79 Å². The Kier molecular flexibility index (Phi) is 5.88. The molecule has 0 radical (unpaired) electrons. The Bertz CT molecular complexity index is 486. The highest BCUT2D eigenvalue weighted by atomic mass is 35.5. The highest BCUT2D eigenvalue weighted by Gasteiger charge is 2.19. The van der Waals surface area contributed by atoms with Crippen molar-refractivity contribution in [2.75, 3.05) is 25.0 Å². The summed E-state index contributed by atoms with van der Waals surface area (Å²) >= 11 is 6.09. The highest BCUT2D eigenvalue weighted by molar-refractivity contribution is 6.31. The number of piperidine rings is 1. The van der Waals surface area contributed by atoms with Crippen molar-refractivity contribution in [1.82, 2.24) is 10.2 Å². The monoisotopic (exact) mass is 309 g/mol. The largest absolute Gasteiger partial charge is 0.323 e. The lowest BCUT2D eigenvalue weighted by Gasteiger charge is -2.30. The van der Waals surface area contributed by atoms with Crippen molar-refractivity contribution in [2.24, 2.45) is 0 Å². The van der Waals surface area contributed by atoms with Crippen LogP contribution in [-0.2, 0) is 0 Å². The van der Waals surface area contributed by atoms with Gasteiger partial charge in [-0.25, -0.2) is 4.79 Å². The SMILES string of the molecule is CCN(CC1CCCCN1)C(=O)Nc1ccc(C)c(Cl)c1. The molecule has 0 bridgehead atoms. The molecule has 1 aliphatic heterocycles. The normalized spacial score (nSPS) is 18.3. The zero-order valence-electron chi connectivity index (χ0n) is 12.8. The van der Waals surface area contributed by atoms with Gasteiger partial charge in [-0.1, -0.05) is 24.1 Å². The van der Waals surface area contributed by atoms with Gasteiger partial charge in [0.1, 0.15) is 0 Å². The molecule has 21 heavy (non-hydrogen) atoms. The average molecular weight is 310 g/mol. The lowest BCUT2D eigenvalue weighted by atomic mass is 10.0. The topological polar surface area (TPSA) is 44.4 Å². The Labute approximate surface area is 131 Å². The maximum absolute atomic E-state index is 12.4. The second kappa shape index (κ2) is 7.66. The van der Waals surface area contributed by atoms with E-state index >= 15 is 0 Å².